The minimum absolute atomic E-state index is 0.440. The molecule has 0 saturated heterocycles. The minimum Gasteiger partial charge on any atom is -0.497 e. The van der Waals surface area contributed by atoms with Crippen LogP contribution >= 0.6 is 0 Å². The molecule has 112 valence electrons. The van der Waals surface area contributed by atoms with E-state index in [0.29, 0.717) is 13.2 Å². The van der Waals surface area contributed by atoms with Crippen molar-refractivity contribution in [2.24, 2.45) is 0 Å². The summed E-state index contributed by atoms with van der Waals surface area (Å²) < 4.78 is 16.3. The maximum Gasteiger partial charge on any atom is 0.122 e. The lowest BCUT2D eigenvalue weighted by Crippen LogP contribution is -2.09. The van der Waals surface area contributed by atoms with E-state index in [9.17, 15) is 5.11 Å². The third-order valence-corrected chi connectivity index (χ3v) is 3.02. The first-order valence-electron chi connectivity index (χ1n) is 6.86. The molecule has 0 unspecified atom stereocenters. The van der Waals surface area contributed by atoms with E-state index in [1.165, 1.54) is 0 Å². The third kappa shape index (κ3) is 4.68. The molecular formula is C17H20O4. The van der Waals surface area contributed by atoms with Crippen molar-refractivity contribution in [1.29, 1.82) is 0 Å². The van der Waals surface area contributed by atoms with Crippen molar-refractivity contribution in [3.8, 4) is 17.2 Å². The number of rotatable bonds is 7. The van der Waals surface area contributed by atoms with Crippen LogP contribution in [0.2, 0.25) is 0 Å². The maximum atomic E-state index is 9.52. The molecule has 4 nitrogen and oxygen atoms in total. The molecule has 0 radical (unpaired) electrons. The lowest BCUT2D eigenvalue weighted by atomic mass is 10.1. The fraction of sp³-hybridized carbons (Fsp3) is 0.294. The van der Waals surface area contributed by atoms with Crippen LogP contribution in [0.3, 0.4) is 0 Å². The van der Waals surface area contributed by atoms with Gasteiger partial charge in [0.05, 0.1) is 13.2 Å². The van der Waals surface area contributed by atoms with Crippen LogP contribution in [0.1, 0.15) is 18.6 Å². The van der Waals surface area contributed by atoms with Gasteiger partial charge < -0.3 is 19.3 Å². The highest BCUT2D eigenvalue weighted by atomic mass is 16.5. The van der Waals surface area contributed by atoms with Crippen LogP contribution < -0.4 is 14.2 Å². The van der Waals surface area contributed by atoms with E-state index in [1.807, 2.05) is 48.5 Å². The first-order chi connectivity index (χ1) is 10.2. The van der Waals surface area contributed by atoms with E-state index in [2.05, 4.69) is 0 Å². The van der Waals surface area contributed by atoms with Gasteiger partial charge in [-0.25, -0.2) is 0 Å². The second-order valence-electron chi connectivity index (χ2n) is 4.62. The van der Waals surface area contributed by atoms with Crippen molar-refractivity contribution in [1.82, 2.24) is 0 Å². The van der Waals surface area contributed by atoms with Crippen molar-refractivity contribution in [3.63, 3.8) is 0 Å². The van der Waals surface area contributed by atoms with Crippen LogP contribution in [0.25, 0.3) is 0 Å². The molecule has 1 N–H and O–H groups in total. The largest absolute Gasteiger partial charge is 0.497 e. The predicted molar refractivity (Wildman–Crippen MR) is 81.1 cm³/mol. The molecule has 2 aromatic carbocycles. The van der Waals surface area contributed by atoms with Gasteiger partial charge >= 0.3 is 0 Å². The Morgan fingerprint density at radius 1 is 0.905 bits per heavy atom. The van der Waals surface area contributed by atoms with Gasteiger partial charge in [0.15, 0.2) is 0 Å². The molecule has 4 heteroatoms. The summed E-state index contributed by atoms with van der Waals surface area (Å²) in [6.45, 7) is 2.62. The van der Waals surface area contributed by atoms with Crippen LogP contribution in [-0.4, -0.2) is 25.4 Å². The lowest BCUT2D eigenvalue weighted by molar-refractivity contribution is 0.196. The Morgan fingerprint density at radius 3 is 2.14 bits per heavy atom. The Balaban J connectivity index is 1.77. The van der Waals surface area contributed by atoms with Crippen molar-refractivity contribution in [2.45, 2.75) is 13.0 Å². The highest BCUT2D eigenvalue weighted by molar-refractivity contribution is 5.31. The van der Waals surface area contributed by atoms with E-state index < -0.39 is 6.10 Å². The predicted octanol–water partition coefficient (Wildman–Crippen LogP) is 3.21. The molecule has 2 rings (SSSR count). The van der Waals surface area contributed by atoms with Crippen molar-refractivity contribution >= 4 is 0 Å². The van der Waals surface area contributed by atoms with Gasteiger partial charge in [0.1, 0.15) is 30.5 Å². The molecule has 0 aliphatic carbocycles. The van der Waals surface area contributed by atoms with Crippen LogP contribution in [0, 0.1) is 0 Å². The van der Waals surface area contributed by atoms with Crippen LogP contribution in [-0.2, 0) is 0 Å². The Hall–Kier alpha value is -2.20. The summed E-state index contributed by atoms with van der Waals surface area (Å²) in [5.41, 5.74) is 0.837. The SMILES string of the molecule is COc1ccc(OCCOc2cccc([C@H](C)O)c2)cc1. The number of hydrogen-bond donors (Lipinski definition) is 1. The number of methoxy groups -OCH3 is 1. The first-order valence-corrected chi connectivity index (χ1v) is 6.86. The summed E-state index contributed by atoms with van der Waals surface area (Å²) >= 11 is 0. The molecule has 0 saturated carbocycles. The van der Waals surface area contributed by atoms with Crippen LogP contribution in [0.4, 0.5) is 0 Å². The van der Waals surface area contributed by atoms with Crippen molar-refractivity contribution in [2.75, 3.05) is 20.3 Å². The summed E-state index contributed by atoms with van der Waals surface area (Å²) in [6.07, 6.45) is -0.496. The fourth-order valence-corrected chi connectivity index (χ4v) is 1.86. The second kappa shape index (κ2) is 7.55. The Bertz CT molecular complexity index is 549. The van der Waals surface area contributed by atoms with Crippen molar-refractivity contribution in [3.05, 3.63) is 54.1 Å². The van der Waals surface area contributed by atoms with Crippen molar-refractivity contribution < 1.29 is 19.3 Å². The zero-order chi connectivity index (χ0) is 15.1. The molecule has 0 aliphatic heterocycles. The first kappa shape index (κ1) is 15.2. The molecule has 0 amide bonds. The van der Waals surface area contributed by atoms with Gasteiger partial charge in [-0.05, 0) is 48.9 Å². The molecule has 0 aromatic heterocycles. The molecule has 1 atom stereocenters. The minimum atomic E-state index is -0.496. The van der Waals surface area contributed by atoms with E-state index in [4.69, 9.17) is 14.2 Å². The Labute approximate surface area is 124 Å². The number of aliphatic hydroxyl groups excluding tert-OH is 1. The van der Waals surface area contributed by atoms with Crippen LogP contribution in [0.5, 0.6) is 17.2 Å². The third-order valence-electron chi connectivity index (χ3n) is 3.02. The normalized spacial score (nSPS) is 11.8. The Kier molecular flexibility index (Phi) is 5.46. The topological polar surface area (TPSA) is 47.9 Å². The molecule has 0 fully saturated rings. The van der Waals surface area contributed by atoms with E-state index >= 15 is 0 Å². The fourth-order valence-electron chi connectivity index (χ4n) is 1.86. The second-order valence-corrected chi connectivity index (χ2v) is 4.62. The number of hydrogen-bond acceptors (Lipinski definition) is 4. The van der Waals surface area contributed by atoms with E-state index in [-0.39, 0.29) is 0 Å². The lowest BCUT2D eigenvalue weighted by Gasteiger charge is -2.10. The molecule has 0 spiro atoms. The zero-order valence-electron chi connectivity index (χ0n) is 12.3. The summed E-state index contributed by atoms with van der Waals surface area (Å²) in [5, 5.41) is 9.52. The number of ether oxygens (including phenoxy) is 3. The average Bonchev–Trinajstić information content (AvgIpc) is 2.52. The van der Waals surface area contributed by atoms with Gasteiger partial charge in [0.2, 0.25) is 0 Å². The molecule has 0 heterocycles. The van der Waals surface area contributed by atoms with Gasteiger partial charge in [0.25, 0.3) is 0 Å². The molecule has 21 heavy (non-hydrogen) atoms. The summed E-state index contributed by atoms with van der Waals surface area (Å²) in [6, 6.07) is 14.8. The van der Waals surface area contributed by atoms with E-state index in [1.54, 1.807) is 14.0 Å². The van der Waals surface area contributed by atoms with Gasteiger partial charge in [-0.2, -0.15) is 0 Å². The number of aliphatic hydroxyl groups is 1. The Morgan fingerprint density at radius 2 is 1.52 bits per heavy atom. The maximum absolute atomic E-state index is 9.52. The molecule has 0 aliphatic rings. The quantitative estimate of drug-likeness (QED) is 0.795. The monoisotopic (exact) mass is 288 g/mol. The average molecular weight is 288 g/mol. The standard InChI is InChI=1S/C17H20O4/c1-13(18)14-4-3-5-17(12-14)21-11-10-20-16-8-6-15(19-2)7-9-16/h3-9,12-13,18H,10-11H2,1-2H3/t13-/m0/s1. The summed E-state index contributed by atoms with van der Waals surface area (Å²) in [5.74, 6) is 2.30. The van der Waals surface area contributed by atoms with Gasteiger partial charge in [-0.1, -0.05) is 12.1 Å². The molecule has 2 aromatic rings. The smallest absolute Gasteiger partial charge is 0.122 e. The molecular weight excluding hydrogens is 268 g/mol. The highest BCUT2D eigenvalue weighted by Crippen LogP contribution is 2.19. The van der Waals surface area contributed by atoms with Gasteiger partial charge in [-0.3, -0.25) is 0 Å². The van der Waals surface area contributed by atoms with Gasteiger partial charge in [-0.15, -0.1) is 0 Å². The summed E-state index contributed by atoms with van der Waals surface area (Å²) in [4.78, 5) is 0. The summed E-state index contributed by atoms with van der Waals surface area (Å²) in [7, 11) is 1.63. The zero-order valence-corrected chi connectivity index (χ0v) is 12.3. The van der Waals surface area contributed by atoms with E-state index in [0.717, 1.165) is 22.8 Å². The number of benzene rings is 2. The van der Waals surface area contributed by atoms with Crippen LogP contribution in [0.15, 0.2) is 48.5 Å². The molecule has 0 bridgehead atoms. The highest BCUT2D eigenvalue weighted by Gasteiger charge is 2.02. The van der Waals surface area contributed by atoms with Gasteiger partial charge in [0, 0.05) is 0 Å².